The third kappa shape index (κ3) is 7.42. The van der Waals surface area contributed by atoms with Crippen LogP contribution in [0.25, 0.3) is 0 Å². The molecule has 46 heavy (non-hydrogen) atoms. The molecule has 0 atom stereocenters. The first kappa shape index (κ1) is 35.4. The molecule has 3 rings (SSSR count). The predicted octanol–water partition coefficient (Wildman–Crippen LogP) is 7.69. The molecule has 0 aliphatic carbocycles. The lowest BCUT2D eigenvalue weighted by molar-refractivity contribution is -0.348. The van der Waals surface area contributed by atoms with E-state index in [0.29, 0.717) is 0 Å². The van der Waals surface area contributed by atoms with Gasteiger partial charge in [-0.3, -0.25) is 9.59 Å². The van der Waals surface area contributed by atoms with Crippen LogP contribution >= 0.6 is 0 Å². The van der Waals surface area contributed by atoms with Crippen LogP contribution in [-0.4, -0.2) is 49.4 Å². The van der Waals surface area contributed by atoms with Crippen molar-refractivity contribution in [3.63, 3.8) is 0 Å². The zero-order valence-corrected chi connectivity index (χ0v) is 22.3. The lowest BCUT2D eigenvalue weighted by Crippen LogP contribution is -2.50. The van der Waals surface area contributed by atoms with E-state index in [1.54, 1.807) is 5.32 Å². The van der Waals surface area contributed by atoms with Crippen molar-refractivity contribution in [1.29, 1.82) is 0 Å². The number of carbonyl (C=O) groups is 2. The summed E-state index contributed by atoms with van der Waals surface area (Å²) in [7, 11) is 0.926. The maximum atomic E-state index is 14.6. The van der Waals surface area contributed by atoms with Crippen molar-refractivity contribution in [2.24, 2.45) is 0 Å². The minimum absolute atomic E-state index is 0.400. The number of methoxy groups -OCH3 is 1. The number of alkyl halides is 12. The van der Waals surface area contributed by atoms with E-state index in [0.717, 1.165) is 43.5 Å². The van der Waals surface area contributed by atoms with E-state index in [9.17, 15) is 67.4 Å². The van der Waals surface area contributed by atoms with E-state index < -0.39 is 106 Å². The fourth-order valence-electron chi connectivity index (χ4n) is 3.87. The monoisotopic (exact) mass is 680 g/mol. The molecule has 0 aliphatic rings. The Labute approximate surface area is 248 Å². The van der Waals surface area contributed by atoms with Gasteiger partial charge < -0.3 is 30.0 Å². The number of halogens is 12. The molecule has 0 saturated carbocycles. The van der Waals surface area contributed by atoms with E-state index in [-0.39, 0.29) is 0 Å². The first-order valence-electron chi connectivity index (χ1n) is 11.9. The van der Waals surface area contributed by atoms with Gasteiger partial charge >= 0.3 is 31.0 Å². The number of para-hydroxylation sites is 2. The van der Waals surface area contributed by atoms with Crippen LogP contribution in [-0.2, 0) is 5.67 Å². The Kier molecular flexibility index (Phi) is 9.83. The number of hydrogen-bond acceptors (Lipinski definition) is 6. The summed E-state index contributed by atoms with van der Waals surface area (Å²) >= 11 is 0. The first-order chi connectivity index (χ1) is 21.1. The van der Waals surface area contributed by atoms with Gasteiger partial charge in [-0.15, -0.1) is 13.2 Å². The molecule has 2 amide bonds. The molecule has 0 radical (unpaired) electrons. The number of ether oxygens (including phenoxy) is 3. The summed E-state index contributed by atoms with van der Waals surface area (Å²) in [6.07, 6.45) is -18.6. The molecule has 0 spiro atoms. The molecule has 3 aromatic carbocycles. The Morgan fingerprint density at radius 1 is 0.761 bits per heavy atom. The summed E-state index contributed by atoms with van der Waals surface area (Å²) in [5, 5.41) is 14.0. The number of anilines is 2. The number of hydrogen-bond donors (Lipinski definition) is 3. The lowest BCUT2D eigenvalue weighted by Gasteiger charge is -2.31. The Bertz CT molecular complexity index is 1590. The fraction of sp³-hybridized carbons (Fsp3) is 0.231. The van der Waals surface area contributed by atoms with E-state index >= 15 is 0 Å². The van der Waals surface area contributed by atoms with Crippen LogP contribution in [0.15, 0.2) is 54.6 Å². The lowest BCUT2D eigenvalue weighted by atomic mass is 9.93. The third-order valence-electron chi connectivity index (χ3n) is 5.78. The fourth-order valence-corrected chi connectivity index (χ4v) is 3.87. The molecule has 8 nitrogen and oxygen atoms in total. The Morgan fingerprint density at radius 3 is 1.87 bits per heavy atom. The minimum atomic E-state index is -6.71. The number of phenols is 1. The van der Waals surface area contributed by atoms with Crippen LogP contribution in [0.4, 0.5) is 64.1 Å². The smallest absolute Gasteiger partial charge is 0.506 e. The number of carbonyl (C=O) groups excluding carboxylic acids is 2. The highest BCUT2D eigenvalue weighted by molar-refractivity contribution is 6.11. The summed E-state index contributed by atoms with van der Waals surface area (Å²) in [5.74, 6) is -7.68. The number of nitrogens with one attached hydrogen (secondary N) is 2. The highest BCUT2D eigenvalue weighted by atomic mass is 19.4. The Morgan fingerprint density at radius 2 is 1.33 bits per heavy atom. The van der Waals surface area contributed by atoms with Crippen LogP contribution in [0.5, 0.6) is 23.0 Å². The molecule has 0 unspecified atom stereocenters. The van der Waals surface area contributed by atoms with Crippen molar-refractivity contribution < 1.29 is 81.6 Å². The molecule has 0 aliphatic heterocycles. The second-order valence-electron chi connectivity index (χ2n) is 8.74. The molecule has 0 saturated heterocycles. The van der Waals surface area contributed by atoms with Gasteiger partial charge in [0.1, 0.15) is 17.2 Å². The molecule has 0 fully saturated rings. The molecule has 3 aromatic rings. The second kappa shape index (κ2) is 12.8. The van der Waals surface area contributed by atoms with Gasteiger partial charge in [0.15, 0.2) is 11.5 Å². The van der Waals surface area contributed by atoms with Gasteiger partial charge in [-0.1, -0.05) is 18.2 Å². The van der Waals surface area contributed by atoms with Crippen LogP contribution in [0.1, 0.15) is 26.3 Å². The average Bonchev–Trinajstić information content (AvgIpc) is 2.91. The topological polar surface area (TPSA) is 106 Å². The molecule has 250 valence electrons. The van der Waals surface area contributed by atoms with Crippen molar-refractivity contribution in [3.8, 4) is 23.0 Å². The minimum Gasteiger partial charge on any atom is -0.506 e. The van der Waals surface area contributed by atoms with Gasteiger partial charge in [-0.2, -0.15) is 35.1 Å². The van der Waals surface area contributed by atoms with Gasteiger partial charge in [0.05, 0.1) is 23.9 Å². The summed E-state index contributed by atoms with van der Waals surface area (Å²) in [6, 6.07) is 6.24. The van der Waals surface area contributed by atoms with Crippen molar-refractivity contribution >= 4 is 23.2 Å². The van der Waals surface area contributed by atoms with Crippen LogP contribution < -0.4 is 24.8 Å². The van der Waals surface area contributed by atoms with Gasteiger partial charge in [-0.05, 0) is 36.4 Å². The quantitative estimate of drug-likeness (QED) is 0.158. The van der Waals surface area contributed by atoms with E-state index in [4.69, 9.17) is 4.74 Å². The van der Waals surface area contributed by atoms with Crippen LogP contribution in [0, 0.1) is 0 Å². The van der Waals surface area contributed by atoms with Crippen LogP contribution in [0.3, 0.4) is 0 Å². The van der Waals surface area contributed by atoms with E-state index in [1.807, 2.05) is 0 Å². The van der Waals surface area contributed by atoms with Gasteiger partial charge in [0.25, 0.3) is 11.8 Å². The predicted molar refractivity (Wildman–Crippen MR) is 132 cm³/mol. The van der Waals surface area contributed by atoms with Crippen molar-refractivity contribution in [3.05, 3.63) is 71.3 Å². The molecule has 20 heteroatoms. The number of amides is 2. The van der Waals surface area contributed by atoms with Crippen molar-refractivity contribution in [2.45, 2.75) is 31.0 Å². The third-order valence-corrected chi connectivity index (χ3v) is 5.78. The van der Waals surface area contributed by atoms with Crippen molar-refractivity contribution in [1.82, 2.24) is 0 Å². The van der Waals surface area contributed by atoms with Gasteiger partial charge in [0.2, 0.25) is 0 Å². The standard InChI is InChI=1S/C26H16F12N2O6/c1-44-19-13(6-4-7-14(19)39-20(42)12-5-2-3-8-16(12)46-26(36,37)38)21(43)40-18-15(41)9-11(10-17(18)45-22(27)28)23(29,24(30,31)32)25(33,34)35/h2-10,22,41H,1H3,(H,39,42)(H,40,43). The van der Waals surface area contributed by atoms with Crippen molar-refractivity contribution in [2.75, 3.05) is 17.7 Å². The maximum Gasteiger partial charge on any atom is 0.573 e. The first-order valence-corrected chi connectivity index (χ1v) is 11.9. The molecule has 0 heterocycles. The second-order valence-corrected chi connectivity index (χ2v) is 8.74. The molecule has 3 N–H and O–H groups in total. The SMILES string of the molecule is COc1c(NC(=O)c2ccccc2OC(F)(F)F)cccc1C(=O)Nc1c(O)cc(C(F)(C(F)(F)F)C(F)(F)F)cc1OC(F)F. The number of rotatable bonds is 9. The normalized spacial score (nSPS) is 12.5. The molecular formula is C26H16F12N2O6. The summed E-state index contributed by atoms with van der Waals surface area (Å²) in [5.41, 5.74) is -11.6. The Hall–Kier alpha value is -5.04. The zero-order chi connectivity index (χ0) is 34.8. The number of benzene rings is 3. The summed E-state index contributed by atoms with van der Waals surface area (Å²) in [4.78, 5) is 25.8. The molecular weight excluding hydrogens is 664 g/mol. The zero-order valence-electron chi connectivity index (χ0n) is 22.3. The largest absolute Gasteiger partial charge is 0.573 e. The summed E-state index contributed by atoms with van der Waals surface area (Å²) in [6.45, 7) is -3.98. The molecule has 0 aromatic heterocycles. The van der Waals surface area contributed by atoms with Crippen LogP contribution in [0.2, 0.25) is 0 Å². The van der Waals surface area contributed by atoms with E-state index in [1.165, 1.54) is 6.07 Å². The van der Waals surface area contributed by atoms with Gasteiger partial charge in [0, 0.05) is 5.56 Å². The van der Waals surface area contributed by atoms with E-state index in [2.05, 4.69) is 14.8 Å². The molecule has 0 bridgehead atoms. The Balaban J connectivity index is 2.04. The maximum absolute atomic E-state index is 14.6. The number of aromatic hydroxyl groups is 1. The highest BCUT2D eigenvalue weighted by Crippen LogP contribution is 2.55. The average molecular weight is 680 g/mol. The van der Waals surface area contributed by atoms with Gasteiger partial charge in [-0.25, -0.2) is 4.39 Å². The number of phenolic OH excluding ortho intramolecular Hbond substituents is 1. The summed E-state index contributed by atoms with van der Waals surface area (Å²) < 4.78 is 171. The highest BCUT2D eigenvalue weighted by Gasteiger charge is 2.73.